The summed E-state index contributed by atoms with van der Waals surface area (Å²) < 4.78 is 42.1. The van der Waals surface area contributed by atoms with Crippen molar-refractivity contribution < 1.29 is 83.9 Å². The van der Waals surface area contributed by atoms with Crippen LogP contribution in [0.3, 0.4) is 0 Å². The highest BCUT2D eigenvalue weighted by atomic mass is 16.8. The Kier molecular flexibility index (Phi) is 13.8. The van der Waals surface area contributed by atoms with Gasteiger partial charge in [0.25, 0.3) is 0 Å². The van der Waals surface area contributed by atoms with Crippen molar-refractivity contribution >= 4 is 0 Å². The van der Waals surface area contributed by atoms with Crippen LogP contribution < -0.4 is 0 Å². The summed E-state index contributed by atoms with van der Waals surface area (Å²) in [6, 6.07) is 0. The summed E-state index contributed by atoms with van der Waals surface area (Å²) in [5, 5.41) is 103. The summed E-state index contributed by atoms with van der Waals surface area (Å²) in [6.45, 7) is 9.72. The molecule has 0 unspecified atom stereocenters. The van der Waals surface area contributed by atoms with Crippen molar-refractivity contribution in [1.29, 1.82) is 0 Å². The third-order valence-electron chi connectivity index (χ3n) is 16.3. The van der Waals surface area contributed by atoms with Crippen LogP contribution in [-0.4, -0.2) is 169 Å². The Hall–Kier alpha value is -1.62. The number of aliphatic hydroxyl groups is 10. The van der Waals surface area contributed by atoms with E-state index >= 15 is 0 Å². The molecule has 5 fully saturated rings. The van der Waals surface area contributed by atoms with E-state index in [9.17, 15) is 51.1 Å². The molecule has 0 radical (unpaired) electrons. The number of allylic oxidation sites excluding steroid dienone is 1. The van der Waals surface area contributed by atoms with E-state index in [1.165, 1.54) is 23.6 Å². The smallest absolute Gasteiger partial charge is 0.187 e. The zero-order valence-electron chi connectivity index (χ0n) is 36.4. The van der Waals surface area contributed by atoms with E-state index in [0.717, 1.165) is 56.5 Å². The fraction of sp³-hybridized carbons (Fsp3) is 0.867. The van der Waals surface area contributed by atoms with E-state index in [2.05, 4.69) is 26.8 Å². The molecule has 8 rings (SSSR count). The number of aliphatic hydroxyl groups excluding tert-OH is 10. The van der Waals surface area contributed by atoms with Crippen LogP contribution in [0, 0.1) is 36.0 Å². The topological polar surface area (TPSA) is 271 Å². The Morgan fingerprint density at radius 2 is 1.37 bits per heavy atom. The number of furan rings is 1. The highest BCUT2D eigenvalue weighted by molar-refractivity contribution is 5.45. The van der Waals surface area contributed by atoms with E-state index in [-0.39, 0.29) is 29.5 Å². The van der Waals surface area contributed by atoms with Crippen molar-refractivity contribution in [3.8, 4) is 0 Å². The van der Waals surface area contributed by atoms with Crippen molar-refractivity contribution in [1.82, 2.24) is 0 Å². The summed E-state index contributed by atoms with van der Waals surface area (Å²) in [5.41, 5.74) is 3.87. The second-order valence-electron chi connectivity index (χ2n) is 20.0. The van der Waals surface area contributed by atoms with E-state index in [1.807, 2.05) is 6.92 Å². The minimum absolute atomic E-state index is 0.00822. The first-order chi connectivity index (χ1) is 29.4. The number of ether oxygens (including phenoxy) is 6. The van der Waals surface area contributed by atoms with Gasteiger partial charge in [0.2, 0.25) is 0 Å². The van der Waals surface area contributed by atoms with Crippen LogP contribution in [0.25, 0.3) is 0 Å². The Morgan fingerprint density at radius 1 is 0.726 bits per heavy atom. The highest BCUT2D eigenvalue weighted by Crippen LogP contribution is 2.65. The highest BCUT2D eigenvalue weighted by Gasteiger charge is 2.60. The third kappa shape index (κ3) is 8.17. The van der Waals surface area contributed by atoms with Crippen LogP contribution in [0.2, 0.25) is 0 Å². The maximum Gasteiger partial charge on any atom is 0.187 e. The normalized spacial score (nSPS) is 48.4. The van der Waals surface area contributed by atoms with E-state index in [1.54, 1.807) is 0 Å². The summed E-state index contributed by atoms with van der Waals surface area (Å²) in [7, 11) is 0. The predicted molar refractivity (Wildman–Crippen MR) is 216 cm³/mol. The van der Waals surface area contributed by atoms with Crippen LogP contribution in [0.4, 0.5) is 0 Å². The summed E-state index contributed by atoms with van der Waals surface area (Å²) >= 11 is 0. The molecule has 4 aliphatic carbocycles. The van der Waals surface area contributed by atoms with Crippen molar-refractivity contribution in [2.24, 2.45) is 29.1 Å². The number of aryl methyl sites for hydroxylation is 1. The maximum atomic E-state index is 11.2. The lowest BCUT2D eigenvalue weighted by atomic mass is 9.47. The van der Waals surface area contributed by atoms with Gasteiger partial charge in [0, 0.05) is 18.4 Å². The molecule has 0 amide bonds. The molecule has 0 spiro atoms. The first-order valence-corrected chi connectivity index (χ1v) is 22.8. The van der Waals surface area contributed by atoms with Crippen LogP contribution in [-0.2, 0) is 46.7 Å². The molecule has 7 aliphatic rings. The molecule has 62 heavy (non-hydrogen) atoms. The van der Waals surface area contributed by atoms with Gasteiger partial charge in [-0.25, -0.2) is 0 Å². The molecule has 22 atom stereocenters. The molecule has 3 saturated heterocycles. The minimum Gasteiger partial charge on any atom is -0.465 e. The average molecular weight is 883 g/mol. The molecule has 3 aliphatic heterocycles. The summed E-state index contributed by atoms with van der Waals surface area (Å²) in [4.78, 5) is 0. The standard InChI is InChI=1S/C45H70O17/c1-19(18-56-41-38(54)36(52)33(49)29(16-46)60-41)6-9-27-20(2)31-28(59-27)15-26-24-8-7-22-14-23(10-12-44(22,4)25(24)11-13-45(26,31)5)58-43-40(37(53)34(50)30(17-47)61-43)62-42-39(55)35(51)32(48)21(3)57-42/h7,19,21,23-26,29-30,32-43,46-55H,6,8-18H2,1-5H3/t19-,21+,23+,24-,25+,26+,29-,30-,32+,33-,34-,35-,36+,37+,38-,39-,40-,41-,42+,43-,44+,45+/m1/s1. The van der Waals surface area contributed by atoms with Crippen LogP contribution in [0.5, 0.6) is 0 Å². The minimum atomic E-state index is -1.64. The molecule has 2 saturated carbocycles. The molecular formula is C45H70O17. The lowest BCUT2D eigenvalue weighted by Crippen LogP contribution is -2.64. The fourth-order valence-electron chi connectivity index (χ4n) is 12.4. The van der Waals surface area contributed by atoms with Crippen molar-refractivity contribution in [3.05, 3.63) is 34.3 Å². The second kappa shape index (κ2) is 18.2. The zero-order chi connectivity index (χ0) is 44.6. The van der Waals surface area contributed by atoms with Gasteiger partial charge in [0.1, 0.15) is 78.7 Å². The number of rotatable bonds is 12. The Balaban J connectivity index is 0.897. The number of hydrogen-bond donors (Lipinski definition) is 10. The number of hydrogen-bond acceptors (Lipinski definition) is 17. The van der Waals surface area contributed by atoms with Gasteiger partial charge in [-0.3, -0.25) is 0 Å². The van der Waals surface area contributed by atoms with E-state index < -0.39 is 105 Å². The second-order valence-corrected chi connectivity index (χ2v) is 20.0. The van der Waals surface area contributed by atoms with Crippen molar-refractivity contribution in [2.45, 2.75) is 196 Å². The summed E-state index contributed by atoms with van der Waals surface area (Å²) in [6.07, 6.45) is -10.5. The van der Waals surface area contributed by atoms with E-state index in [4.69, 9.17) is 32.8 Å². The molecule has 1 aromatic rings. The Bertz CT molecular complexity index is 1740. The average Bonchev–Trinajstić information content (AvgIpc) is 3.74. The SMILES string of the molecule is Cc1c(CC[C@@H](C)CO[C@@H]2O[C@H](CO)[C@@H](O)[C@H](O)[C@H]2O)oc2c1[C@@]1(C)CC[C@H]3[C@@H](CC=C4C[C@@H](O[C@@H]5O[C@H](CO)[C@@H](O)[C@H](O)[C@H]5O[C@@H]5O[C@@H](C)[C@H](O)[C@@H](O)[C@H]5O)CC[C@@]43C)[C@@H]1C2. The molecule has 352 valence electrons. The lowest BCUT2D eigenvalue weighted by molar-refractivity contribution is -0.369. The van der Waals surface area contributed by atoms with Crippen LogP contribution >= 0.6 is 0 Å². The van der Waals surface area contributed by atoms with Gasteiger partial charge in [-0.05, 0) is 98.9 Å². The third-order valence-corrected chi connectivity index (χ3v) is 16.3. The maximum absolute atomic E-state index is 11.2. The van der Waals surface area contributed by atoms with Gasteiger partial charge in [0.15, 0.2) is 18.9 Å². The molecule has 0 bridgehead atoms. The molecule has 10 N–H and O–H groups in total. The summed E-state index contributed by atoms with van der Waals surface area (Å²) in [5.74, 6) is 3.55. The molecule has 4 heterocycles. The monoisotopic (exact) mass is 882 g/mol. The lowest BCUT2D eigenvalue weighted by Gasteiger charge is -2.57. The molecule has 0 aromatic carbocycles. The van der Waals surface area contributed by atoms with Gasteiger partial charge < -0.3 is 83.9 Å². The van der Waals surface area contributed by atoms with Gasteiger partial charge in [-0.1, -0.05) is 32.4 Å². The molecule has 17 heteroatoms. The van der Waals surface area contributed by atoms with Crippen molar-refractivity contribution in [3.63, 3.8) is 0 Å². The quantitative estimate of drug-likeness (QED) is 0.124. The zero-order valence-corrected chi connectivity index (χ0v) is 36.4. The fourth-order valence-corrected chi connectivity index (χ4v) is 12.4. The van der Waals surface area contributed by atoms with E-state index in [0.29, 0.717) is 30.6 Å². The first kappa shape index (κ1) is 46.9. The largest absolute Gasteiger partial charge is 0.465 e. The molecule has 17 nitrogen and oxygen atoms in total. The number of fused-ring (bicyclic) bond motifs is 7. The van der Waals surface area contributed by atoms with Gasteiger partial charge in [-0.2, -0.15) is 0 Å². The molecule has 1 aromatic heterocycles. The molecular weight excluding hydrogens is 812 g/mol. The predicted octanol–water partition coefficient (Wildman–Crippen LogP) is -0.0134. The van der Waals surface area contributed by atoms with Crippen molar-refractivity contribution in [2.75, 3.05) is 19.8 Å². The van der Waals surface area contributed by atoms with Crippen LogP contribution in [0.15, 0.2) is 16.1 Å². The van der Waals surface area contributed by atoms with Gasteiger partial charge in [-0.15, -0.1) is 0 Å². The van der Waals surface area contributed by atoms with Crippen LogP contribution in [0.1, 0.15) is 95.3 Å². The first-order valence-electron chi connectivity index (χ1n) is 22.8. The Morgan fingerprint density at radius 3 is 2.08 bits per heavy atom. The van der Waals surface area contributed by atoms with Gasteiger partial charge >= 0.3 is 0 Å². The Labute approximate surface area is 362 Å². The van der Waals surface area contributed by atoms with Gasteiger partial charge in [0.05, 0.1) is 32.0 Å².